The first-order valence-electron chi connectivity index (χ1n) is 6.03. The number of thioether (sulfide) groups is 1. The second-order valence-electron chi connectivity index (χ2n) is 4.22. The minimum Gasteiger partial charge on any atom is -0.301 e. The van der Waals surface area contributed by atoms with E-state index in [4.69, 9.17) is 0 Å². The summed E-state index contributed by atoms with van der Waals surface area (Å²) in [6.07, 6.45) is 0. The predicted molar refractivity (Wildman–Crippen MR) is 82.0 cm³/mol. The Kier molecular flexibility index (Phi) is 4.61. The van der Waals surface area contributed by atoms with Gasteiger partial charge in [-0.3, -0.25) is 4.79 Å². The molecule has 0 aliphatic carbocycles. The molecule has 1 N–H and O–H groups in total. The zero-order valence-electron chi connectivity index (χ0n) is 11.1. The molecule has 3 nitrogen and oxygen atoms in total. The zero-order valence-corrected chi connectivity index (χ0v) is 12.8. The first-order valence-corrected chi connectivity index (χ1v) is 7.72. The highest BCUT2D eigenvalue weighted by Gasteiger charge is 2.16. The molecule has 1 amide bonds. The molecule has 19 heavy (non-hydrogen) atoms. The van der Waals surface area contributed by atoms with E-state index in [1.807, 2.05) is 51.1 Å². The molecule has 0 radical (unpaired) electrons. The molecule has 0 spiro atoms. The van der Waals surface area contributed by atoms with E-state index in [2.05, 4.69) is 10.3 Å². The van der Waals surface area contributed by atoms with Gasteiger partial charge < -0.3 is 5.32 Å². The van der Waals surface area contributed by atoms with Crippen molar-refractivity contribution in [2.45, 2.75) is 30.9 Å². The van der Waals surface area contributed by atoms with Crippen molar-refractivity contribution in [3.63, 3.8) is 0 Å². The number of nitrogens with zero attached hydrogens (tertiary/aromatic N) is 1. The Morgan fingerprint density at radius 1 is 1.32 bits per heavy atom. The van der Waals surface area contributed by atoms with Crippen LogP contribution in [0.15, 0.2) is 35.2 Å². The van der Waals surface area contributed by atoms with Gasteiger partial charge in [-0.15, -0.1) is 23.1 Å². The molecular weight excluding hydrogens is 276 g/mol. The van der Waals surface area contributed by atoms with Crippen LogP contribution in [0.2, 0.25) is 0 Å². The zero-order chi connectivity index (χ0) is 13.8. The number of benzene rings is 1. The van der Waals surface area contributed by atoms with Gasteiger partial charge in [-0.25, -0.2) is 4.98 Å². The highest BCUT2D eigenvalue weighted by atomic mass is 32.2. The molecule has 0 fully saturated rings. The fourth-order valence-corrected chi connectivity index (χ4v) is 3.20. The molecule has 0 aliphatic heterocycles. The Balaban J connectivity index is 1.96. The summed E-state index contributed by atoms with van der Waals surface area (Å²) >= 11 is 3.06. The first-order chi connectivity index (χ1) is 9.06. The second kappa shape index (κ2) is 6.21. The van der Waals surface area contributed by atoms with Crippen molar-refractivity contribution in [3.05, 3.63) is 40.9 Å². The number of thiazole rings is 1. The third-order valence-electron chi connectivity index (χ3n) is 2.68. The van der Waals surface area contributed by atoms with Crippen molar-refractivity contribution in [2.75, 3.05) is 5.32 Å². The first kappa shape index (κ1) is 14.1. The summed E-state index contributed by atoms with van der Waals surface area (Å²) < 4.78 is 0. The van der Waals surface area contributed by atoms with E-state index in [0.717, 1.165) is 15.5 Å². The lowest BCUT2D eigenvalue weighted by molar-refractivity contribution is -0.115. The average molecular weight is 292 g/mol. The number of rotatable bonds is 4. The van der Waals surface area contributed by atoms with E-state index in [1.165, 1.54) is 11.3 Å². The number of aromatic nitrogens is 1. The van der Waals surface area contributed by atoms with Crippen LogP contribution in [0, 0.1) is 13.8 Å². The van der Waals surface area contributed by atoms with E-state index < -0.39 is 0 Å². The Bertz CT molecular complexity index is 547. The van der Waals surface area contributed by atoms with Crippen LogP contribution in [0.25, 0.3) is 0 Å². The monoisotopic (exact) mass is 292 g/mol. The number of hydrogen-bond donors (Lipinski definition) is 1. The fourth-order valence-electron chi connectivity index (χ4n) is 1.49. The number of aryl methyl sites for hydroxylation is 2. The lowest BCUT2D eigenvalue weighted by Gasteiger charge is -2.10. The van der Waals surface area contributed by atoms with Crippen molar-refractivity contribution in [1.82, 2.24) is 4.98 Å². The third-order valence-corrected chi connectivity index (χ3v) is 4.78. The van der Waals surface area contributed by atoms with Crippen LogP contribution < -0.4 is 5.32 Å². The van der Waals surface area contributed by atoms with Crippen LogP contribution in [0.1, 0.15) is 17.5 Å². The van der Waals surface area contributed by atoms with Crippen molar-refractivity contribution >= 4 is 34.1 Å². The molecule has 0 saturated carbocycles. The summed E-state index contributed by atoms with van der Waals surface area (Å²) in [6, 6.07) is 9.93. The van der Waals surface area contributed by atoms with Crippen LogP contribution in [0.4, 0.5) is 5.13 Å². The van der Waals surface area contributed by atoms with Gasteiger partial charge in [-0.1, -0.05) is 18.2 Å². The average Bonchev–Trinajstić information content (AvgIpc) is 2.69. The van der Waals surface area contributed by atoms with Crippen molar-refractivity contribution in [2.24, 2.45) is 0 Å². The maximum Gasteiger partial charge on any atom is 0.239 e. The molecule has 1 unspecified atom stereocenters. The van der Waals surface area contributed by atoms with E-state index in [-0.39, 0.29) is 11.2 Å². The van der Waals surface area contributed by atoms with Crippen molar-refractivity contribution in [1.29, 1.82) is 0 Å². The standard InChI is InChI=1S/C14H16N2OS2/c1-9-10(2)19-14(15-9)16-13(17)11(3)18-12-7-5-4-6-8-12/h4-8,11H,1-3H3,(H,15,16,17). The highest BCUT2D eigenvalue weighted by molar-refractivity contribution is 8.00. The summed E-state index contributed by atoms with van der Waals surface area (Å²) in [5.41, 5.74) is 0.976. The van der Waals surface area contributed by atoms with E-state index in [9.17, 15) is 4.79 Å². The Morgan fingerprint density at radius 2 is 2.00 bits per heavy atom. The number of amides is 1. The molecule has 1 aromatic heterocycles. The maximum absolute atomic E-state index is 12.1. The minimum absolute atomic E-state index is 0.0115. The SMILES string of the molecule is Cc1nc(NC(=O)C(C)Sc2ccccc2)sc1C. The smallest absolute Gasteiger partial charge is 0.239 e. The van der Waals surface area contributed by atoms with Gasteiger partial charge >= 0.3 is 0 Å². The molecule has 1 aromatic carbocycles. The molecule has 100 valence electrons. The van der Waals surface area contributed by atoms with Gasteiger partial charge in [0.05, 0.1) is 10.9 Å². The topological polar surface area (TPSA) is 42.0 Å². The van der Waals surface area contributed by atoms with Crippen LogP contribution >= 0.6 is 23.1 Å². The number of hydrogen-bond acceptors (Lipinski definition) is 4. The number of carbonyl (C=O) groups excluding carboxylic acids is 1. The lowest BCUT2D eigenvalue weighted by atomic mass is 10.4. The summed E-state index contributed by atoms with van der Waals surface area (Å²) in [5, 5.41) is 3.41. The molecular formula is C14H16N2OS2. The van der Waals surface area contributed by atoms with Crippen molar-refractivity contribution in [3.8, 4) is 0 Å². The van der Waals surface area contributed by atoms with Crippen molar-refractivity contribution < 1.29 is 4.79 Å². The van der Waals surface area contributed by atoms with E-state index in [0.29, 0.717) is 5.13 Å². The predicted octanol–water partition coefficient (Wildman–Crippen LogP) is 3.88. The molecule has 1 heterocycles. The summed E-state index contributed by atoms with van der Waals surface area (Å²) in [6.45, 7) is 5.86. The van der Waals surface area contributed by atoms with E-state index in [1.54, 1.807) is 11.8 Å². The third kappa shape index (κ3) is 3.81. The molecule has 2 rings (SSSR count). The summed E-state index contributed by atoms with van der Waals surface area (Å²) in [5.74, 6) is -0.0115. The van der Waals surface area contributed by atoms with Gasteiger partial charge in [0.15, 0.2) is 5.13 Å². The molecule has 2 aromatic rings. The number of nitrogens with one attached hydrogen (secondary N) is 1. The summed E-state index contributed by atoms with van der Waals surface area (Å²) in [7, 11) is 0. The second-order valence-corrected chi connectivity index (χ2v) is 6.84. The van der Waals surface area contributed by atoms with E-state index >= 15 is 0 Å². The largest absolute Gasteiger partial charge is 0.301 e. The van der Waals surface area contributed by atoms with Gasteiger partial charge in [0.2, 0.25) is 5.91 Å². The summed E-state index contributed by atoms with van der Waals surface area (Å²) in [4.78, 5) is 18.6. The fraction of sp³-hybridized carbons (Fsp3) is 0.286. The Labute approximate surface area is 121 Å². The molecule has 0 aliphatic rings. The van der Waals surface area contributed by atoms with Gasteiger partial charge in [-0.2, -0.15) is 0 Å². The Hall–Kier alpha value is -1.33. The van der Waals surface area contributed by atoms with Gasteiger partial charge in [0.25, 0.3) is 0 Å². The van der Waals surface area contributed by atoms with Crippen LogP contribution in [-0.2, 0) is 4.79 Å². The molecule has 5 heteroatoms. The lowest BCUT2D eigenvalue weighted by Crippen LogP contribution is -2.22. The van der Waals surface area contributed by atoms with Gasteiger partial charge in [-0.05, 0) is 32.9 Å². The molecule has 1 atom stereocenters. The van der Waals surface area contributed by atoms with Crippen LogP contribution in [0.5, 0.6) is 0 Å². The highest BCUT2D eigenvalue weighted by Crippen LogP contribution is 2.25. The minimum atomic E-state index is -0.146. The molecule has 0 bridgehead atoms. The normalized spacial score (nSPS) is 12.2. The maximum atomic E-state index is 12.1. The van der Waals surface area contributed by atoms with Crippen LogP contribution in [0.3, 0.4) is 0 Å². The van der Waals surface area contributed by atoms with Crippen LogP contribution in [-0.4, -0.2) is 16.1 Å². The van der Waals surface area contributed by atoms with Gasteiger partial charge in [0.1, 0.15) is 0 Å². The number of carbonyl (C=O) groups is 1. The van der Waals surface area contributed by atoms with Gasteiger partial charge in [0, 0.05) is 9.77 Å². The quantitative estimate of drug-likeness (QED) is 0.870. The molecule has 0 saturated heterocycles. The Morgan fingerprint density at radius 3 is 2.58 bits per heavy atom. The number of anilines is 1.